The van der Waals surface area contributed by atoms with Crippen LogP contribution in [0, 0.1) is 0 Å². The highest BCUT2D eigenvalue weighted by Crippen LogP contribution is 2.26. The smallest absolute Gasteiger partial charge is 0.273 e. The van der Waals surface area contributed by atoms with Crippen LogP contribution >= 0.6 is 0 Å². The lowest BCUT2D eigenvalue weighted by Gasteiger charge is -2.39. The first kappa shape index (κ1) is 14.1. The summed E-state index contributed by atoms with van der Waals surface area (Å²) in [6.07, 6.45) is 6.11. The summed E-state index contributed by atoms with van der Waals surface area (Å²) in [5.41, 5.74) is 2.50. The maximum Gasteiger partial charge on any atom is 0.273 e. The van der Waals surface area contributed by atoms with Crippen molar-refractivity contribution in [3.8, 4) is 0 Å². The number of aromatic nitrogens is 2. The third kappa shape index (κ3) is 2.33. The number of rotatable bonds is 2. The largest absolute Gasteiger partial charge is 0.332 e. The SMILES string of the molecule is CCc1nc2ccccn2c1C(=O)N1C(C)CCCC1C. The highest BCUT2D eigenvalue weighted by molar-refractivity contribution is 5.95. The Kier molecular flexibility index (Phi) is 3.70. The summed E-state index contributed by atoms with van der Waals surface area (Å²) >= 11 is 0. The van der Waals surface area contributed by atoms with Crippen molar-refractivity contribution in [1.29, 1.82) is 0 Å². The zero-order valence-corrected chi connectivity index (χ0v) is 13.0. The van der Waals surface area contributed by atoms with E-state index in [1.54, 1.807) is 0 Å². The highest BCUT2D eigenvalue weighted by atomic mass is 16.2. The molecule has 21 heavy (non-hydrogen) atoms. The van der Waals surface area contributed by atoms with Crippen LogP contribution in [0.25, 0.3) is 5.65 Å². The number of carbonyl (C=O) groups is 1. The van der Waals surface area contributed by atoms with Crippen molar-refractivity contribution in [2.75, 3.05) is 0 Å². The summed E-state index contributed by atoms with van der Waals surface area (Å²) in [5.74, 6) is 0.130. The van der Waals surface area contributed by atoms with Crippen LogP contribution in [0.3, 0.4) is 0 Å². The number of imidazole rings is 1. The Morgan fingerprint density at radius 1 is 1.29 bits per heavy atom. The molecule has 4 heteroatoms. The van der Waals surface area contributed by atoms with E-state index in [9.17, 15) is 4.79 Å². The van der Waals surface area contributed by atoms with Gasteiger partial charge in [0, 0.05) is 18.3 Å². The predicted octanol–water partition coefficient (Wildman–Crippen LogP) is 3.30. The first-order valence-electron chi connectivity index (χ1n) is 7.92. The Morgan fingerprint density at radius 3 is 2.67 bits per heavy atom. The number of fused-ring (bicyclic) bond motifs is 1. The van der Waals surface area contributed by atoms with Gasteiger partial charge < -0.3 is 4.90 Å². The van der Waals surface area contributed by atoms with Gasteiger partial charge in [0.15, 0.2) is 0 Å². The van der Waals surface area contributed by atoms with Crippen LogP contribution in [0.15, 0.2) is 24.4 Å². The van der Waals surface area contributed by atoms with E-state index in [1.807, 2.05) is 28.8 Å². The maximum absolute atomic E-state index is 13.1. The maximum atomic E-state index is 13.1. The van der Waals surface area contributed by atoms with Crippen LogP contribution in [0.4, 0.5) is 0 Å². The third-order valence-corrected chi connectivity index (χ3v) is 4.57. The summed E-state index contributed by atoms with van der Waals surface area (Å²) in [5, 5.41) is 0. The quantitative estimate of drug-likeness (QED) is 0.849. The van der Waals surface area contributed by atoms with Crippen molar-refractivity contribution in [2.45, 2.75) is 58.5 Å². The molecule has 3 rings (SSSR count). The second-order valence-electron chi connectivity index (χ2n) is 6.03. The molecule has 0 radical (unpaired) electrons. The van der Waals surface area contributed by atoms with E-state index in [4.69, 9.17) is 0 Å². The van der Waals surface area contributed by atoms with Crippen LogP contribution in [0.1, 0.15) is 56.2 Å². The fourth-order valence-electron chi connectivity index (χ4n) is 3.46. The van der Waals surface area contributed by atoms with Crippen molar-refractivity contribution < 1.29 is 4.79 Å². The molecule has 0 saturated carbocycles. The molecule has 112 valence electrons. The van der Waals surface area contributed by atoms with Gasteiger partial charge in [-0.25, -0.2) is 4.98 Å². The molecule has 0 N–H and O–H groups in total. The van der Waals surface area contributed by atoms with Crippen LogP contribution in [0.5, 0.6) is 0 Å². The van der Waals surface area contributed by atoms with Gasteiger partial charge in [-0.15, -0.1) is 0 Å². The summed E-state index contributed by atoms with van der Waals surface area (Å²) in [4.78, 5) is 19.8. The minimum atomic E-state index is 0.130. The molecular weight excluding hydrogens is 262 g/mol. The summed E-state index contributed by atoms with van der Waals surface area (Å²) in [7, 11) is 0. The van der Waals surface area contributed by atoms with E-state index in [-0.39, 0.29) is 5.91 Å². The Morgan fingerprint density at radius 2 is 2.00 bits per heavy atom. The van der Waals surface area contributed by atoms with Crippen molar-refractivity contribution >= 4 is 11.6 Å². The molecule has 1 saturated heterocycles. The predicted molar refractivity (Wildman–Crippen MR) is 83.5 cm³/mol. The number of amides is 1. The van der Waals surface area contributed by atoms with Crippen molar-refractivity contribution in [2.24, 2.45) is 0 Å². The molecule has 1 aliphatic heterocycles. The lowest BCUT2D eigenvalue weighted by molar-refractivity contribution is 0.0502. The van der Waals surface area contributed by atoms with Gasteiger partial charge >= 0.3 is 0 Å². The van der Waals surface area contributed by atoms with E-state index in [0.717, 1.165) is 36.3 Å². The topological polar surface area (TPSA) is 37.6 Å². The molecule has 1 aliphatic rings. The number of carbonyl (C=O) groups excluding carboxylic acids is 1. The molecule has 0 aliphatic carbocycles. The third-order valence-electron chi connectivity index (χ3n) is 4.57. The van der Waals surface area contributed by atoms with Gasteiger partial charge in [-0.3, -0.25) is 9.20 Å². The molecule has 4 nitrogen and oxygen atoms in total. The van der Waals surface area contributed by atoms with Crippen LogP contribution in [0.2, 0.25) is 0 Å². The first-order valence-corrected chi connectivity index (χ1v) is 7.92. The minimum Gasteiger partial charge on any atom is -0.332 e. The Labute approximate surface area is 125 Å². The monoisotopic (exact) mass is 285 g/mol. The summed E-state index contributed by atoms with van der Waals surface area (Å²) in [6.45, 7) is 6.37. The fraction of sp³-hybridized carbons (Fsp3) is 0.529. The highest BCUT2D eigenvalue weighted by Gasteiger charge is 2.32. The summed E-state index contributed by atoms with van der Waals surface area (Å²) in [6, 6.07) is 6.48. The van der Waals surface area contributed by atoms with Gasteiger partial charge in [-0.05, 0) is 51.7 Å². The number of likely N-dealkylation sites (tertiary alicyclic amines) is 1. The standard InChI is InChI=1S/C17H23N3O/c1-4-14-16(19-11-6-5-10-15(19)18-14)17(21)20-12(2)8-7-9-13(20)3/h5-6,10-13H,4,7-9H2,1-3H3. The van der Waals surface area contributed by atoms with Gasteiger partial charge in [-0.1, -0.05) is 13.0 Å². The molecule has 0 bridgehead atoms. The number of nitrogens with zero attached hydrogens (tertiary/aromatic N) is 3. The fourth-order valence-corrected chi connectivity index (χ4v) is 3.46. The Hall–Kier alpha value is -1.84. The van der Waals surface area contributed by atoms with E-state index < -0.39 is 0 Å². The summed E-state index contributed by atoms with van der Waals surface area (Å²) < 4.78 is 1.94. The van der Waals surface area contributed by atoms with Gasteiger partial charge in [-0.2, -0.15) is 0 Å². The number of piperidine rings is 1. The normalized spacial score (nSPS) is 22.7. The van der Waals surface area contributed by atoms with Crippen molar-refractivity contribution in [1.82, 2.24) is 14.3 Å². The Balaban J connectivity index is 2.08. The zero-order valence-electron chi connectivity index (χ0n) is 13.0. The molecule has 1 amide bonds. The van der Waals surface area contributed by atoms with Gasteiger partial charge in [0.05, 0.1) is 5.69 Å². The molecule has 0 spiro atoms. The van der Waals surface area contributed by atoms with E-state index in [1.165, 1.54) is 6.42 Å². The van der Waals surface area contributed by atoms with Crippen molar-refractivity contribution in [3.63, 3.8) is 0 Å². The average Bonchev–Trinajstić information content (AvgIpc) is 2.85. The van der Waals surface area contributed by atoms with Crippen LogP contribution < -0.4 is 0 Å². The van der Waals surface area contributed by atoms with E-state index in [2.05, 4.69) is 30.7 Å². The molecule has 1 fully saturated rings. The number of aryl methyl sites for hydroxylation is 1. The zero-order chi connectivity index (χ0) is 15.0. The number of hydrogen-bond acceptors (Lipinski definition) is 2. The second-order valence-corrected chi connectivity index (χ2v) is 6.03. The van der Waals surface area contributed by atoms with Gasteiger partial charge in [0.25, 0.3) is 5.91 Å². The molecule has 3 heterocycles. The van der Waals surface area contributed by atoms with Crippen LogP contribution in [-0.2, 0) is 6.42 Å². The number of pyridine rings is 1. The van der Waals surface area contributed by atoms with Gasteiger partial charge in [0.1, 0.15) is 11.3 Å². The number of hydrogen-bond donors (Lipinski definition) is 0. The molecule has 2 aromatic rings. The lowest BCUT2D eigenvalue weighted by atomic mass is 9.97. The molecule has 2 aromatic heterocycles. The van der Waals surface area contributed by atoms with E-state index in [0.29, 0.717) is 12.1 Å². The first-order chi connectivity index (χ1) is 10.1. The molecule has 2 unspecified atom stereocenters. The molecule has 2 atom stereocenters. The minimum absolute atomic E-state index is 0.130. The van der Waals surface area contributed by atoms with Crippen molar-refractivity contribution in [3.05, 3.63) is 35.8 Å². The lowest BCUT2D eigenvalue weighted by Crippen LogP contribution is -2.48. The van der Waals surface area contributed by atoms with Gasteiger partial charge in [0.2, 0.25) is 0 Å². The Bertz CT molecular complexity index is 651. The van der Waals surface area contributed by atoms with E-state index >= 15 is 0 Å². The molecular formula is C17H23N3O. The average molecular weight is 285 g/mol. The van der Waals surface area contributed by atoms with Crippen LogP contribution in [-0.4, -0.2) is 32.3 Å². The molecule has 0 aromatic carbocycles. The second kappa shape index (κ2) is 5.51.